The number of hydrogen-bond donors (Lipinski definition) is 0. The third-order valence-corrected chi connectivity index (χ3v) is 5.66. The maximum Gasteiger partial charge on any atom is 0.265 e. The summed E-state index contributed by atoms with van der Waals surface area (Å²) in [5.74, 6) is 0.761. The Kier molecular flexibility index (Phi) is 5.60. The zero-order valence-electron chi connectivity index (χ0n) is 16.0. The Morgan fingerprint density at radius 3 is 2.71 bits per heavy atom. The van der Waals surface area contributed by atoms with Crippen LogP contribution in [-0.4, -0.2) is 42.5 Å². The van der Waals surface area contributed by atoms with E-state index in [-0.39, 0.29) is 18.4 Å². The summed E-state index contributed by atoms with van der Waals surface area (Å²) < 4.78 is 5.48. The molecular formula is C23H26N2O3. The Morgan fingerprint density at radius 2 is 1.86 bits per heavy atom. The van der Waals surface area contributed by atoms with Crippen LogP contribution in [0.5, 0.6) is 5.75 Å². The van der Waals surface area contributed by atoms with Gasteiger partial charge in [-0.15, -0.1) is 0 Å². The van der Waals surface area contributed by atoms with Crippen LogP contribution >= 0.6 is 0 Å². The third kappa shape index (κ3) is 4.03. The summed E-state index contributed by atoms with van der Waals surface area (Å²) in [4.78, 5) is 28.9. The lowest BCUT2D eigenvalue weighted by molar-refractivity contribution is -0.132. The standard InChI is InChI=1S/C23H26N2O3/c26-22(14-16-25-20-10-4-5-11-21(20)28-17-23(25)27)24-15-6-9-19(24)13-12-18-7-2-1-3-8-18/h1-5,7-8,10-11,19H,6,9,12-17H2. The van der Waals surface area contributed by atoms with E-state index < -0.39 is 0 Å². The molecule has 1 unspecified atom stereocenters. The molecule has 5 nitrogen and oxygen atoms in total. The average molecular weight is 378 g/mol. The average Bonchev–Trinajstić information content (AvgIpc) is 3.21. The van der Waals surface area contributed by atoms with Gasteiger partial charge in [-0.2, -0.15) is 0 Å². The highest BCUT2D eigenvalue weighted by atomic mass is 16.5. The number of aryl methyl sites for hydroxylation is 1. The van der Waals surface area contributed by atoms with Crippen LogP contribution in [0.4, 0.5) is 5.69 Å². The third-order valence-electron chi connectivity index (χ3n) is 5.66. The lowest BCUT2D eigenvalue weighted by Crippen LogP contribution is -2.42. The van der Waals surface area contributed by atoms with Gasteiger partial charge in [-0.1, -0.05) is 42.5 Å². The molecule has 0 N–H and O–H groups in total. The monoisotopic (exact) mass is 378 g/mol. The molecule has 0 aromatic heterocycles. The van der Waals surface area contributed by atoms with Crippen LogP contribution < -0.4 is 9.64 Å². The van der Waals surface area contributed by atoms with Gasteiger partial charge in [-0.05, 0) is 43.4 Å². The van der Waals surface area contributed by atoms with E-state index in [2.05, 4.69) is 24.3 Å². The highest BCUT2D eigenvalue weighted by Crippen LogP contribution is 2.31. The lowest BCUT2D eigenvalue weighted by Gasteiger charge is -2.30. The van der Waals surface area contributed by atoms with E-state index in [1.165, 1.54) is 5.56 Å². The van der Waals surface area contributed by atoms with Gasteiger partial charge in [0.1, 0.15) is 5.75 Å². The van der Waals surface area contributed by atoms with Gasteiger partial charge in [-0.3, -0.25) is 9.59 Å². The first-order valence-electron chi connectivity index (χ1n) is 10.1. The Balaban J connectivity index is 1.35. The first kappa shape index (κ1) is 18.5. The highest BCUT2D eigenvalue weighted by Gasteiger charge is 2.30. The molecule has 0 spiro atoms. The predicted molar refractivity (Wildman–Crippen MR) is 108 cm³/mol. The maximum absolute atomic E-state index is 12.9. The second-order valence-corrected chi connectivity index (χ2v) is 7.46. The second-order valence-electron chi connectivity index (χ2n) is 7.46. The molecule has 28 heavy (non-hydrogen) atoms. The van der Waals surface area contributed by atoms with E-state index >= 15 is 0 Å². The number of nitrogens with zero attached hydrogens (tertiary/aromatic N) is 2. The van der Waals surface area contributed by atoms with Crippen molar-refractivity contribution in [2.45, 2.75) is 38.1 Å². The van der Waals surface area contributed by atoms with Gasteiger partial charge in [0.2, 0.25) is 5.91 Å². The second kappa shape index (κ2) is 8.46. The van der Waals surface area contributed by atoms with Crippen molar-refractivity contribution >= 4 is 17.5 Å². The first-order chi connectivity index (χ1) is 13.7. The van der Waals surface area contributed by atoms with Crippen LogP contribution in [0.1, 0.15) is 31.2 Å². The van der Waals surface area contributed by atoms with Crippen LogP contribution in [0.3, 0.4) is 0 Å². The van der Waals surface area contributed by atoms with Crippen molar-refractivity contribution < 1.29 is 14.3 Å². The topological polar surface area (TPSA) is 49.9 Å². The summed E-state index contributed by atoms with van der Waals surface area (Å²) in [5.41, 5.74) is 2.07. The van der Waals surface area contributed by atoms with Crippen LogP contribution in [0.25, 0.3) is 0 Å². The van der Waals surface area contributed by atoms with Crippen molar-refractivity contribution in [3.63, 3.8) is 0 Å². The molecule has 5 heteroatoms. The molecule has 0 radical (unpaired) electrons. The molecule has 0 bridgehead atoms. The van der Waals surface area contributed by atoms with Gasteiger partial charge in [0, 0.05) is 25.6 Å². The first-order valence-corrected chi connectivity index (χ1v) is 10.1. The summed E-state index contributed by atoms with van der Waals surface area (Å²) in [6, 6.07) is 18.2. The minimum Gasteiger partial charge on any atom is -0.482 e. The van der Waals surface area contributed by atoms with Crippen LogP contribution in [0.2, 0.25) is 0 Å². The molecule has 2 aliphatic heterocycles. The number of ether oxygens (including phenoxy) is 1. The molecule has 2 aliphatic rings. The Hall–Kier alpha value is -2.82. The fourth-order valence-corrected chi connectivity index (χ4v) is 4.19. The number of rotatable bonds is 6. The van der Waals surface area contributed by atoms with Gasteiger partial charge in [0.15, 0.2) is 6.61 Å². The minimum absolute atomic E-state index is 0.0363. The summed E-state index contributed by atoms with van der Waals surface area (Å²) in [5, 5.41) is 0. The summed E-state index contributed by atoms with van der Waals surface area (Å²) in [6.07, 6.45) is 4.46. The van der Waals surface area contributed by atoms with Crippen LogP contribution in [0, 0.1) is 0 Å². The van der Waals surface area contributed by atoms with Gasteiger partial charge >= 0.3 is 0 Å². The molecule has 0 saturated carbocycles. The Bertz CT molecular complexity index is 837. The van der Waals surface area contributed by atoms with Crippen molar-refractivity contribution in [2.24, 2.45) is 0 Å². The predicted octanol–water partition coefficient (Wildman–Crippen LogP) is 3.43. The van der Waals surface area contributed by atoms with Crippen LogP contribution in [-0.2, 0) is 16.0 Å². The summed E-state index contributed by atoms with van der Waals surface area (Å²) in [6.45, 7) is 1.26. The van der Waals surface area contributed by atoms with Crippen molar-refractivity contribution in [3.05, 3.63) is 60.2 Å². The highest BCUT2D eigenvalue weighted by molar-refractivity contribution is 5.98. The number of benzene rings is 2. The molecule has 2 aromatic carbocycles. The smallest absolute Gasteiger partial charge is 0.265 e. The van der Waals surface area contributed by atoms with Crippen molar-refractivity contribution in [2.75, 3.05) is 24.6 Å². The Morgan fingerprint density at radius 1 is 1.07 bits per heavy atom. The summed E-state index contributed by atoms with van der Waals surface area (Å²) in [7, 11) is 0. The van der Waals surface area contributed by atoms with E-state index in [0.717, 1.165) is 37.9 Å². The number of amides is 2. The SMILES string of the molecule is O=C1COc2ccccc2N1CCC(=O)N1CCCC1CCc1ccccc1. The van der Waals surface area contributed by atoms with Gasteiger partial charge in [0.05, 0.1) is 5.69 Å². The van der Waals surface area contributed by atoms with E-state index in [0.29, 0.717) is 24.8 Å². The number of carbonyl (C=O) groups excluding carboxylic acids is 2. The largest absolute Gasteiger partial charge is 0.482 e. The lowest BCUT2D eigenvalue weighted by atomic mass is 10.0. The molecular weight excluding hydrogens is 352 g/mol. The van der Waals surface area contributed by atoms with Crippen molar-refractivity contribution in [1.29, 1.82) is 0 Å². The summed E-state index contributed by atoms with van der Waals surface area (Å²) >= 11 is 0. The van der Waals surface area contributed by atoms with E-state index in [4.69, 9.17) is 4.74 Å². The number of para-hydroxylation sites is 2. The molecule has 1 atom stereocenters. The van der Waals surface area contributed by atoms with Gasteiger partial charge in [-0.25, -0.2) is 0 Å². The van der Waals surface area contributed by atoms with Crippen LogP contribution in [0.15, 0.2) is 54.6 Å². The zero-order valence-corrected chi connectivity index (χ0v) is 16.0. The number of fused-ring (bicyclic) bond motifs is 1. The van der Waals surface area contributed by atoms with E-state index in [9.17, 15) is 9.59 Å². The molecule has 1 fully saturated rings. The quantitative estimate of drug-likeness (QED) is 0.774. The zero-order chi connectivity index (χ0) is 19.3. The minimum atomic E-state index is -0.0893. The molecule has 2 aromatic rings. The fourth-order valence-electron chi connectivity index (χ4n) is 4.19. The maximum atomic E-state index is 12.9. The van der Waals surface area contributed by atoms with Gasteiger partial charge in [0.25, 0.3) is 5.91 Å². The van der Waals surface area contributed by atoms with Crippen molar-refractivity contribution in [1.82, 2.24) is 4.90 Å². The number of carbonyl (C=O) groups is 2. The molecule has 2 amide bonds. The normalized spacial score (nSPS) is 18.7. The fraction of sp³-hybridized carbons (Fsp3) is 0.391. The molecule has 2 heterocycles. The number of anilines is 1. The number of likely N-dealkylation sites (tertiary alicyclic amines) is 1. The number of hydrogen-bond acceptors (Lipinski definition) is 3. The molecule has 4 rings (SSSR count). The molecule has 1 saturated heterocycles. The molecule has 146 valence electrons. The van der Waals surface area contributed by atoms with E-state index in [1.807, 2.05) is 35.2 Å². The van der Waals surface area contributed by atoms with Gasteiger partial charge < -0.3 is 14.5 Å². The Labute approximate surface area is 165 Å². The van der Waals surface area contributed by atoms with E-state index in [1.54, 1.807) is 4.90 Å². The van der Waals surface area contributed by atoms with Crippen molar-refractivity contribution in [3.8, 4) is 5.75 Å². The molecule has 0 aliphatic carbocycles.